The monoisotopic (exact) mass is 805 g/mol. The Morgan fingerprint density at radius 2 is 0.839 bits per heavy atom. The maximum atomic E-state index is 2.45. The van der Waals surface area contributed by atoms with E-state index in [1.807, 2.05) is 11.3 Å². The molecular formula is C60H39NS. The van der Waals surface area contributed by atoms with Gasteiger partial charge in [-0.3, -0.25) is 0 Å². The molecule has 0 fully saturated rings. The summed E-state index contributed by atoms with van der Waals surface area (Å²) in [5, 5.41) is 10.1. The summed E-state index contributed by atoms with van der Waals surface area (Å²) < 4.78 is 2.60. The van der Waals surface area contributed by atoms with E-state index in [0.717, 1.165) is 22.6 Å². The Morgan fingerprint density at radius 1 is 0.274 bits per heavy atom. The third-order valence-electron chi connectivity index (χ3n) is 12.4. The molecule has 2 heteroatoms. The molecule has 0 N–H and O–H groups in total. The number of hydrogen-bond donors (Lipinski definition) is 0. The van der Waals surface area contributed by atoms with Crippen LogP contribution >= 0.6 is 11.3 Å². The molecule has 0 aliphatic carbocycles. The lowest BCUT2D eigenvalue weighted by Gasteiger charge is -2.28. The Bertz CT molecular complexity index is 3620. The zero-order valence-corrected chi connectivity index (χ0v) is 34.7. The Morgan fingerprint density at radius 3 is 1.63 bits per heavy atom. The van der Waals surface area contributed by atoms with Gasteiger partial charge in [0.05, 0.1) is 5.69 Å². The van der Waals surface area contributed by atoms with Crippen LogP contribution in [0.15, 0.2) is 237 Å². The summed E-state index contributed by atoms with van der Waals surface area (Å²) in [7, 11) is 0. The summed E-state index contributed by atoms with van der Waals surface area (Å²) in [5.41, 5.74) is 13.0. The van der Waals surface area contributed by atoms with E-state index in [1.165, 1.54) is 91.4 Å². The molecule has 0 aliphatic heterocycles. The lowest BCUT2D eigenvalue weighted by atomic mass is 9.84. The van der Waals surface area contributed by atoms with Crippen LogP contribution in [0.4, 0.5) is 17.1 Å². The second kappa shape index (κ2) is 15.0. The fourth-order valence-corrected chi connectivity index (χ4v) is 10.6. The Hall–Kier alpha value is -7.78. The molecule has 1 nitrogen and oxygen atoms in total. The van der Waals surface area contributed by atoms with E-state index >= 15 is 0 Å². The molecule has 0 saturated heterocycles. The van der Waals surface area contributed by atoms with Crippen molar-refractivity contribution in [3.63, 3.8) is 0 Å². The molecule has 11 aromatic carbocycles. The molecule has 0 atom stereocenters. The molecule has 290 valence electrons. The second-order valence-corrected chi connectivity index (χ2v) is 17.1. The number of rotatable bonds is 7. The first-order valence-corrected chi connectivity index (χ1v) is 22.1. The quantitative estimate of drug-likeness (QED) is 0.145. The summed E-state index contributed by atoms with van der Waals surface area (Å²) in [4.78, 5) is 2.45. The van der Waals surface area contributed by atoms with Gasteiger partial charge in [-0.05, 0) is 126 Å². The van der Waals surface area contributed by atoms with Gasteiger partial charge in [-0.25, -0.2) is 0 Å². The molecule has 62 heavy (non-hydrogen) atoms. The summed E-state index contributed by atoms with van der Waals surface area (Å²) >= 11 is 1.86. The van der Waals surface area contributed by atoms with Crippen molar-refractivity contribution in [1.82, 2.24) is 0 Å². The van der Waals surface area contributed by atoms with Crippen LogP contribution in [0.3, 0.4) is 0 Å². The molecule has 1 aromatic heterocycles. The SMILES string of the molecule is c1ccc(-c2c(-c3ccccc3)c3cc(-c4ccccc4N(c4ccc(-c5ccc6ccccc6c5)cc4)c4ccc5sc6ccccc6c5c4)ccc3c3ccccc23)cc1. The maximum absolute atomic E-state index is 2.45. The average Bonchev–Trinajstić information content (AvgIpc) is 3.72. The Balaban J connectivity index is 1.08. The van der Waals surface area contributed by atoms with Crippen molar-refractivity contribution >= 4 is 80.9 Å². The van der Waals surface area contributed by atoms with E-state index in [2.05, 4.69) is 241 Å². The number of thiophene rings is 1. The van der Waals surface area contributed by atoms with Crippen molar-refractivity contribution in [1.29, 1.82) is 0 Å². The molecule has 0 spiro atoms. The number of hydrogen-bond acceptors (Lipinski definition) is 2. The third-order valence-corrected chi connectivity index (χ3v) is 13.6. The van der Waals surface area contributed by atoms with Crippen LogP contribution in [0.2, 0.25) is 0 Å². The predicted molar refractivity (Wildman–Crippen MR) is 268 cm³/mol. The zero-order valence-electron chi connectivity index (χ0n) is 33.9. The van der Waals surface area contributed by atoms with E-state index in [1.54, 1.807) is 0 Å². The van der Waals surface area contributed by atoms with Crippen LogP contribution in [0, 0.1) is 0 Å². The molecule has 0 aliphatic rings. The lowest BCUT2D eigenvalue weighted by molar-refractivity contribution is 1.29. The third kappa shape index (κ3) is 6.15. The van der Waals surface area contributed by atoms with Crippen molar-refractivity contribution < 1.29 is 0 Å². The summed E-state index contributed by atoms with van der Waals surface area (Å²) in [6.45, 7) is 0. The Kier molecular flexibility index (Phi) is 8.76. The first-order valence-electron chi connectivity index (χ1n) is 21.2. The normalized spacial score (nSPS) is 11.5. The van der Waals surface area contributed by atoms with Crippen molar-refractivity contribution in [2.75, 3.05) is 4.90 Å². The molecule has 0 amide bonds. The van der Waals surface area contributed by atoms with Gasteiger partial charge in [0.2, 0.25) is 0 Å². The molecule has 12 aromatic rings. The minimum absolute atomic E-state index is 1.10. The highest BCUT2D eigenvalue weighted by Gasteiger charge is 2.22. The first kappa shape index (κ1) is 36.1. The smallest absolute Gasteiger partial charge is 0.0540 e. The van der Waals surface area contributed by atoms with Gasteiger partial charge in [-0.2, -0.15) is 0 Å². The Labute approximate surface area is 365 Å². The van der Waals surface area contributed by atoms with Crippen LogP contribution in [-0.2, 0) is 0 Å². The number of anilines is 3. The number of nitrogens with zero attached hydrogens (tertiary/aromatic N) is 1. The minimum atomic E-state index is 1.10. The highest BCUT2D eigenvalue weighted by molar-refractivity contribution is 7.25. The zero-order chi connectivity index (χ0) is 41.0. The van der Waals surface area contributed by atoms with Gasteiger partial charge < -0.3 is 4.90 Å². The molecule has 0 unspecified atom stereocenters. The van der Waals surface area contributed by atoms with Crippen LogP contribution in [0.1, 0.15) is 0 Å². The summed E-state index contributed by atoms with van der Waals surface area (Å²) in [6.07, 6.45) is 0. The molecule has 0 radical (unpaired) electrons. The topological polar surface area (TPSA) is 3.24 Å². The second-order valence-electron chi connectivity index (χ2n) is 16.0. The van der Waals surface area contributed by atoms with Gasteiger partial charge in [-0.15, -0.1) is 11.3 Å². The first-order chi connectivity index (χ1) is 30.7. The van der Waals surface area contributed by atoms with Crippen molar-refractivity contribution in [3.05, 3.63) is 237 Å². The van der Waals surface area contributed by atoms with Crippen molar-refractivity contribution in [2.45, 2.75) is 0 Å². The van der Waals surface area contributed by atoms with E-state index in [9.17, 15) is 0 Å². The summed E-state index contributed by atoms with van der Waals surface area (Å²) in [6, 6.07) is 86.9. The fraction of sp³-hybridized carbons (Fsp3) is 0. The average molecular weight is 806 g/mol. The minimum Gasteiger partial charge on any atom is -0.310 e. The van der Waals surface area contributed by atoms with Crippen LogP contribution < -0.4 is 4.90 Å². The van der Waals surface area contributed by atoms with Gasteiger partial charge in [0, 0.05) is 37.1 Å². The van der Waals surface area contributed by atoms with Gasteiger partial charge in [0.25, 0.3) is 0 Å². The largest absolute Gasteiger partial charge is 0.310 e. The number of fused-ring (bicyclic) bond motifs is 7. The standard InChI is InChI=1S/C60H39NS/c1-3-16-42(17-4-1)59-53-24-10-9-22-50(53)51-35-31-46(38-55(51)60(59)43-18-5-2-6-19-43)49-21-11-13-25-56(49)61(48-34-36-58-54(39-48)52-23-12-14-26-57(52)62-58)47-32-29-41(30-33-47)45-28-27-40-15-7-8-20-44(40)37-45/h1-39H. The van der Waals surface area contributed by atoms with Crippen LogP contribution in [0.25, 0.3) is 97.0 Å². The molecule has 1 heterocycles. The lowest BCUT2D eigenvalue weighted by Crippen LogP contribution is -2.11. The number of para-hydroxylation sites is 1. The predicted octanol–water partition coefficient (Wildman–Crippen LogP) is 17.7. The molecular weight excluding hydrogens is 767 g/mol. The number of benzene rings is 11. The maximum Gasteiger partial charge on any atom is 0.0540 e. The highest BCUT2D eigenvalue weighted by Crippen LogP contribution is 2.48. The fourth-order valence-electron chi connectivity index (χ4n) is 9.53. The van der Waals surface area contributed by atoms with Gasteiger partial charge in [0.15, 0.2) is 0 Å². The van der Waals surface area contributed by atoms with E-state index in [4.69, 9.17) is 0 Å². The van der Waals surface area contributed by atoms with Crippen LogP contribution in [-0.4, -0.2) is 0 Å². The van der Waals surface area contributed by atoms with Gasteiger partial charge in [0.1, 0.15) is 0 Å². The molecule has 0 saturated carbocycles. The van der Waals surface area contributed by atoms with E-state index < -0.39 is 0 Å². The molecule has 0 bridgehead atoms. The van der Waals surface area contributed by atoms with E-state index in [-0.39, 0.29) is 0 Å². The van der Waals surface area contributed by atoms with Crippen LogP contribution in [0.5, 0.6) is 0 Å². The van der Waals surface area contributed by atoms with Gasteiger partial charge >= 0.3 is 0 Å². The van der Waals surface area contributed by atoms with Gasteiger partial charge in [-0.1, -0.05) is 182 Å². The van der Waals surface area contributed by atoms with Crippen molar-refractivity contribution in [2.24, 2.45) is 0 Å². The summed E-state index contributed by atoms with van der Waals surface area (Å²) in [5.74, 6) is 0. The van der Waals surface area contributed by atoms with Crippen molar-refractivity contribution in [3.8, 4) is 44.5 Å². The van der Waals surface area contributed by atoms with E-state index in [0.29, 0.717) is 0 Å². The molecule has 12 rings (SSSR count). The highest BCUT2D eigenvalue weighted by atomic mass is 32.1.